The Morgan fingerprint density at radius 2 is 1.38 bits per heavy atom. The molecule has 0 bridgehead atoms. The van der Waals surface area contributed by atoms with E-state index in [1.807, 2.05) is 72.8 Å². The monoisotopic (exact) mass is 288 g/mol. The highest BCUT2D eigenvalue weighted by Crippen LogP contribution is 2.31. The Labute approximate surface area is 126 Å². The van der Waals surface area contributed by atoms with Gasteiger partial charge in [0.1, 0.15) is 0 Å². The predicted molar refractivity (Wildman–Crippen MR) is 91.0 cm³/mol. The fourth-order valence-corrected chi connectivity index (χ4v) is 3.81. The van der Waals surface area contributed by atoms with Crippen molar-refractivity contribution in [1.82, 2.24) is 0 Å². The standard InChI is InChI=1S/C19H12OS/c20-19-15-9-4-5-11-16(15)21-17-12-6-10-14(18(17)19)13-7-2-1-3-8-13/h1-12H. The molecule has 21 heavy (non-hydrogen) atoms. The number of rotatable bonds is 1. The Morgan fingerprint density at radius 1 is 0.667 bits per heavy atom. The van der Waals surface area contributed by atoms with Crippen molar-refractivity contribution in [2.45, 2.75) is 0 Å². The second-order valence-corrected chi connectivity index (χ2v) is 6.06. The average molecular weight is 288 g/mol. The van der Waals surface area contributed by atoms with Crippen LogP contribution in [0, 0.1) is 0 Å². The van der Waals surface area contributed by atoms with Crippen molar-refractivity contribution in [2.75, 3.05) is 0 Å². The van der Waals surface area contributed by atoms with Crippen LogP contribution in [0.25, 0.3) is 31.3 Å². The maximum atomic E-state index is 12.9. The van der Waals surface area contributed by atoms with E-state index in [1.165, 1.54) is 0 Å². The fraction of sp³-hybridized carbons (Fsp3) is 0. The zero-order valence-electron chi connectivity index (χ0n) is 11.2. The summed E-state index contributed by atoms with van der Waals surface area (Å²) in [5, 5.41) is 1.63. The Balaban J connectivity index is 2.19. The van der Waals surface area contributed by atoms with E-state index in [-0.39, 0.29) is 5.43 Å². The van der Waals surface area contributed by atoms with E-state index in [0.717, 1.165) is 31.3 Å². The smallest absolute Gasteiger partial charge is 0.196 e. The second kappa shape index (κ2) is 4.83. The number of fused-ring (bicyclic) bond motifs is 2. The molecular weight excluding hydrogens is 276 g/mol. The lowest BCUT2D eigenvalue weighted by Crippen LogP contribution is -2.02. The van der Waals surface area contributed by atoms with Crippen LogP contribution in [0.2, 0.25) is 0 Å². The minimum atomic E-state index is 0.124. The lowest BCUT2D eigenvalue weighted by Gasteiger charge is -2.07. The van der Waals surface area contributed by atoms with Gasteiger partial charge in [-0.15, -0.1) is 11.3 Å². The van der Waals surface area contributed by atoms with E-state index in [4.69, 9.17) is 0 Å². The molecule has 0 aliphatic heterocycles. The molecule has 0 amide bonds. The van der Waals surface area contributed by atoms with Gasteiger partial charge in [0, 0.05) is 20.2 Å². The van der Waals surface area contributed by atoms with Crippen LogP contribution in [-0.2, 0) is 0 Å². The highest BCUT2D eigenvalue weighted by Gasteiger charge is 2.10. The third kappa shape index (κ3) is 1.96. The first-order valence-electron chi connectivity index (χ1n) is 6.84. The Bertz CT molecular complexity index is 1000. The fourth-order valence-electron chi connectivity index (χ4n) is 2.71. The van der Waals surface area contributed by atoms with Gasteiger partial charge in [0.05, 0.1) is 0 Å². The van der Waals surface area contributed by atoms with Gasteiger partial charge >= 0.3 is 0 Å². The lowest BCUT2D eigenvalue weighted by atomic mass is 10.0. The van der Waals surface area contributed by atoms with E-state index >= 15 is 0 Å². The highest BCUT2D eigenvalue weighted by atomic mass is 32.1. The SMILES string of the molecule is O=c1c2ccccc2sc2cccc(-c3ccccc3)c12. The molecule has 0 saturated carbocycles. The van der Waals surface area contributed by atoms with Crippen LogP contribution in [-0.4, -0.2) is 0 Å². The Morgan fingerprint density at radius 3 is 2.24 bits per heavy atom. The van der Waals surface area contributed by atoms with Crippen LogP contribution in [0.5, 0.6) is 0 Å². The average Bonchev–Trinajstić information content (AvgIpc) is 2.55. The van der Waals surface area contributed by atoms with Gasteiger partial charge in [-0.05, 0) is 29.3 Å². The van der Waals surface area contributed by atoms with Crippen molar-refractivity contribution in [1.29, 1.82) is 0 Å². The third-order valence-electron chi connectivity index (χ3n) is 3.69. The minimum absolute atomic E-state index is 0.124. The summed E-state index contributed by atoms with van der Waals surface area (Å²) in [4.78, 5) is 12.9. The summed E-state index contributed by atoms with van der Waals surface area (Å²) in [6.07, 6.45) is 0. The molecule has 0 aliphatic rings. The lowest BCUT2D eigenvalue weighted by molar-refractivity contribution is 1.65. The van der Waals surface area contributed by atoms with Gasteiger partial charge in [-0.25, -0.2) is 0 Å². The molecule has 0 radical (unpaired) electrons. The van der Waals surface area contributed by atoms with Gasteiger partial charge in [0.25, 0.3) is 0 Å². The second-order valence-electron chi connectivity index (χ2n) is 4.97. The first-order valence-corrected chi connectivity index (χ1v) is 7.66. The molecule has 2 heteroatoms. The zero-order valence-corrected chi connectivity index (χ0v) is 12.1. The molecule has 4 aromatic rings. The zero-order chi connectivity index (χ0) is 14.2. The highest BCUT2D eigenvalue weighted by molar-refractivity contribution is 7.24. The van der Waals surface area contributed by atoms with Gasteiger partial charge in [-0.3, -0.25) is 4.79 Å². The van der Waals surface area contributed by atoms with Gasteiger partial charge < -0.3 is 0 Å². The summed E-state index contributed by atoms with van der Waals surface area (Å²) in [6, 6.07) is 24.0. The number of hydrogen-bond acceptors (Lipinski definition) is 2. The maximum absolute atomic E-state index is 12.9. The molecule has 0 saturated heterocycles. The van der Waals surface area contributed by atoms with Gasteiger partial charge in [-0.1, -0.05) is 54.6 Å². The van der Waals surface area contributed by atoms with Gasteiger partial charge in [0.15, 0.2) is 5.43 Å². The number of benzene rings is 3. The summed E-state index contributed by atoms with van der Waals surface area (Å²) in [6.45, 7) is 0. The molecule has 0 unspecified atom stereocenters. The summed E-state index contributed by atoms with van der Waals surface area (Å²) in [5.74, 6) is 0. The maximum Gasteiger partial charge on any atom is 0.196 e. The van der Waals surface area contributed by atoms with Crippen LogP contribution in [0.15, 0.2) is 77.6 Å². The van der Waals surface area contributed by atoms with E-state index in [0.29, 0.717) is 0 Å². The molecule has 100 valence electrons. The normalized spacial score (nSPS) is 11.0. The van der Waals surface area contributed by atoms with Crippen LogP contribution < -0.4 is 5.43 Å². The van der Waals surface area contributed by atoms with Crippen LogP contribution in [0.4, 0.5) is 0 Å². The van der Waals surface area contributed by atoms with E-state index < -0.39 is 0 Å². The molecule has 1 nitrogen and oxygen atoms in total. The van der Waals surface area contributed by atoms with Crippen LogP contribution >= 0.6 is 11.3 Å². The third-order valence-corrected chi connectivity index (χ3v) is 4.83. The molecule has 1 heterocycles. The predicted octanol–water partition coefficient (Wildman–Crippen LogP) is 5.08. The first-order chi connectivity index (χ1) is 10.3. The van der Waals surface area contributed by atoms with E-state index in [1.54, 1.807) is 11.3 Å². The van der Waals surface area contributed by atoms with Crippen molar-refractivity contribution >= 4 is 31.5 Å². The van der Waals surface area contributed by atoms with Crippen LogP contribution in [0.3, 0.4) is 0 Å². The molecule has 3 aromatic carbocycles. The molecule has 0 atom stereocenters. The quantitative estimate of drug-likeness (QED) is 0.446. The van der Waals surface area contributed by atoms with Crippen molar-refractivity contribution in [3.63, 3.8) is 0 Å². The molecule has 0 spiro atoms. The summed E-state index contributed by atoms with van der Waals surface area (Å²) < 4.78 is 2.08. The van der Waals surface area contributed by atoms with Crippen molar-refractivity contribution in [3.05, 3.63) is 83.0 Å². The largest absolute Gasteiger partial charge is 0.288 e. The summed E-state index contributed by atoms with van der Waals surface area (Å²) in [5.41, 5.74) is 2.22. The van der Waals surface area contributed by atoms with E-state index in [2.05, 4.69) is 0 Å². The van der Waals surface area contributed by atoms with Gasteiger partial charge in [-0.2, -0.15) is 0 Å². The summed E-state index contributed by atoms with van der Waals surface area (Å²) >= 11 is 1.67. The topological polar surface area (TPSA) is 17.1 Å². The summed E-state index contributed by atoms with van der Waals surface area (Å²) in [7, 11) is 0. The van der Waals surface area contributed by atoms with Crippen LogP contribution in [0.1, 0.15) is 0 Å². The molecule has 0 aliphatic carbocycles. The molecular formula is C19H12OS. The Kier molecular flexibility index (Phi) is 2.83. The molecule has 0 N–H and O–H groups in total. The Hall–Kier alpha value is -2.45. The van der Waals surface area contributed by atoms with Crippen molar-refractivity contribution < 1.29 is 0 Å². The molecule has 0 fully saturated rings. The van der Waals surface area contributed by atoms with Crippen molar-refractivity contribution in [3.8, 4) is 11.1 Å². The van der Waals surface area contributed by atoms with Crippen molar-refractivity contribution in [2.24, 2.45) is 0 Å². The number of hydrogen-bond donors (Lipinski definition) is 0. The van der Waals surface area contributed by atoms with E-state index in [9.17, 15) is 4.79 Å². The molecule has 1 aromatic heterocycles. The first kappa shape index (κ1) is 12.3. The molecule has 4 rings (SSSR count). The van der Waals surface area contributed by atoms with Gasteiger partial charge in [0.2, 0.25) is 0 Å². The minimum Gasteiger partial charge on any atom is -0.288 e.